The van der Waals surface area contributed by atoms with Gasteiger partial charge in [0.05, 0.1) is 6.26 Å². The van der Waals surface area contributed by atoms with Crippen LogP contribution in [0.2, 0.25) is 0 Å². The molecule has 0 amide bonds. The molecule has 2 aromatic rings. The first-order valence-corrected chi connectivity index (χ1v) is 7.16. The van der Waals surface area contributed by atoms with Crippen LogP contribution in [0.25, 0.3) is 0 Å². The van der Waals surface area contributed by atoms with E-state index >= 15 is 0 Å². The summed E-state index contributed by atoms with van der Waals surface area (Å²) in [5.74, 6) is 1.01. The summed E-state index contributed by atoms with van der Waals surface area (Å²) in [6.07, 6.45) is 3.60. The summed E-state index contributed by atoms with van der Waals surface area (Å²) in [5, 5.41) is 3.49. The Balaban J connectivity index is 2.01. The molecule has 3 nitrogen and oxygen atoms in total. The van der Waals surface area contributed by atoms with Gasteiger partial charge in [-0.25, -0.2) is 0 Å². The number of rotatable bonds is 6. The van der Waals surface area contributed by atoms with Crippen LogP contribution in [-0.2, 0) is 6.42 Å². The third kappa shape index (κ3) is 3.84. The summed E-state index contributed by atoms with van der Waals surface area (Å²) in [4.78, 5) is 0.422. The zero-order valence-corrected chi connectivity index (χ0v) is 12.7. The molecule has 0 radical (unpaired) electrons. The van der Waals surface area contributed by atoms with Crippen LogP contribution in [0.5, 0.6) is 0 Å². The molecule has 0 saturated carbocycles. The van der Waals surface area contributed by atoms with E-state index in [1.807, 2.05) is 24.3 Å². The molecule has 20 heavy (non-hydrogen) atoms. The average molecular weight is 288 g/mol. The van der Waals surface area contributed by atoms with Gasteiger partial charge < -0.3 is 15.5 Å². The van der Waals surface area contributed by atoms with Gasteiger partial charge in [0, 0.05) is 23.7 Å². The van der Waals surface area contributed by atoms with Crippen molar-refractivity contribution >= 4 is 22.9 Å². The van der Waals surface area contributed by atoms with Crippen LogP contribution in [0.3, 0.4) is 0 Å². The van der Waals surface area contributed by atoms with Gasteiger partial charge in [0.25, 0.3) is 0 Å². The molecule has 0 fully saturated rings. The lowest BCUT2D eigenvalue weighted by atomic mass is 10.1. The molecular weight excluding hydrogens is 268 g/mol. The Morgan fingerprint density at radius 2 is 2.20 bits per heavy atom. The van der Waals surface area contributed by atoms with Crippen LogP contribution < -0.4 is 11.1 Å². The standard InChI is InChI=1S/C16H20N2OS/c1-11-5-8-14(16(17)20)15(10-11)18-12(2)6-7-13-4-3-9-19-13/h3-5,8-10,12,18H,6-7H2,1-2H3,(H2,17,20). The predicted molar refractivity (Wildman–Crippen MR) is 87.2 cm³/mol. The predicted octanol–water partition coefficient (Wildman–Crippen LogP) is 3.66. The zero-order valence-electron chi connectivity index (χ0n) is 11.8. The molecule has 1 aromatic heterocycles. The SMILES string of the molecule is Cc1ccc(C(N)=S)c(NC(C)CCc2ccco2)c1. The van der Waals surface area contributed by atoms with Crippen molar-refractivity contribution in [1.29, 1.82) is 0 Å². The highest BCUT2D eigenvalue weighted by atomic mass is 32.1. The van der Waals surface area contributed by atoms with E-state index in [9.17, 15) is 0 Å². The summed E-state index contributed by atoms with van der Waals surface area (Å²) in [6, 6.07) is 10.3. The van der Waals surface area contributed by atoms with Crippen LogP contribution in [0.4, 0.5) is 5.69 Å². The third-order valence-electron chi connectivity index (χ3n) is 3.25. The van der Waals surface area contributed by atoms with Gasteiger partial charge in [0.2, 0.25) is 0 Å². The normalized spacial score (nSPS) is 12.1. The van der Waals surface area contributed by atoms with Gasteiger partial charge in [-0.15, -0.1) is 0 Å². The first-order chi connectivity index (χ1) is 9.56. The maximum atomic E-state index is 5.77. The van der Waals surface area contributed by atoms with Crippen molar-refractivity contribution in [2.45, 2.75) is 32.7 Å². The number of nitrogens with one attached hydrogen (secondary N) is 1. The minimum Gasteiger partial charge on any atom is -0.469 e. The van der Waals surface area contributed by atoms with Gasteiger partial charge in [-0.1, -0.05) is 18.3 Å². The molecule has 1 unspecified atom stereocenters. The molecule has 0 saturated heterocycles. The van der Waals surface area contributed by atoms with Gasteiger partial charge >= 0.3 is 0 Å². The lowest BCUT2D eigenvalue weighted by molar-refractivity contribution is 0.495. The van der Waals surface area contributed by atoms with Crippen LogP contribution >= 0.6 is 12.2 Å². The van der Waals surface area contributed by atoms with Gasteiger partial charge in [0.1, 0.15) is 10.7 Å². The second-order valence-electron chi connectivity index (χ2n) is 5.08. The van der Waals surface area contributed by atoms with Gasteiger partial charge in [-0.3, -0.25) is 0 Å². The van der Waals surface area contributed by atoms with E-state index in [1.165, 1.54) is 5.56 Å². The van der Waals surface area contributed by atoms with Crippen LogP contribution in [-0.4, -0.2) is 11.0 Å². The lowest BCUT2D eigenvalue weighted by Gasteiger charge is -2.18. The first-order valence-electron chi connectivity index (χ1n) is 6.75. The number of hydrogen-bond donors (Lipinski definition) is 2. The fraction of sp³-hybridized carbons (Fsp3) is 0.312. The highest BCUT2D eigenvalue weighted by Gasteiger charge is 2.09. The van der Waals surface area contributed by atoms with Crippen LogP contribution in [0.1, 0.15) is 30.2 Å². The molecule has 0 aliphatic heterocycles. The molecular formula is C16H20N2OS. The van der Waals surface area contributed by atoms with Crippen molar-refractivity contribution in [3.8, 4) is 0 Å². The lowest BCUT2D eigenvalue weighted by Crippen LogP contribution is -2.20. The minimum absolute atomic E-state index is 0.315. The molecule has 106 valence electrons. The summed E-state index contributed by atoms with van der Waals surface area (Å²) in [5.41, 5.74) is 8.86. The van der Waals surface area contributed by atoms with E-state index in [0.29, 0.717) is 11.0 Å². The minimum atomic E-state index is 0.315. The van der Waals surface area contributed by atoms with Crippen molar-refractivity contribution in [3.63, 3.8) is 0 Å². The van der Waals surface area contributed by atoms with E-state index < -0.39 is 0 Å². The topological polar surface area (TPSA) is 51.2 Å². The fourth-order valence-electron chi connectivity index (χ4n) is 2.14. The van der Waals surface area contributed by atoms with Crippen molar-refractivity contribution in [2.75, 3.05) is 5.32 Å². The molecule has 0 spiro atoms. The number of aryl methyl sites for hydroxylation is 2. The fourth-order valence-corrected chi connectivity index (χ4v) is 2.32. The molecule has 4 heteroatoms. The molecule has 0 aliphatic rings. The Hall–Kier alpha value is -1.81. The maximum Gasteiger partial charge on any atom is 0.106 e. The zero-order chi connectivity index (χ0) is 14.5. The highest BCUT2D eigenvalue weighted by molar-refractivity contribution is 7.80. The maximum absolute atomic E-state index is 5.77. The van der Waals surface area contributed by atoms with Crippen molar-refractivity contribution in [3.05, 3.63) is 53.5 Å². The van der Waals surface area contributed by atoms with Crippen LogP contribution in [0.15, 0.2) is 41.0 Å². The third-order valence-corrected chi connectivity index (χ3v) is 3.47. The van der Waals surface area contributed by atoms with E-state index in [4.69, 9.17) is 22.4 Å². The molecule has 1 atom stereocenters. The summed E-state index contributed by atoms with van der Waals surface area (Å²) in [7, 11) is 0. The quantitative estimate of drug-likeness (QED) is 0.797. The Morgan fingerprint density at radius 1 is 1.40 bits per heavy atom. The van der Waals surface area contributed by atoms with Gasteiger partial charge in [-0.05, 0) is 50.1 Å². The number of furan rings is 1. The van der Waals surface area contributed by atoms with E-state index in [2.05, 4.69) is 25.2 Å². The summed E-state index contributed by atoms with van der Waals surface area (Å²) < 4.78 is 5.35. The second-order valence-corrected chi connectivity index (χ2v) is 5.52. The van der Waals surface area contributed by atoms with Crippen LogP contribution in [0, 0.1) is 6.92 Å². The summed E-state index contributed by atoms with van der Waals surface area (Å²) >= 11 is 5.10. The Morgan fingerprint density at radius 3 is 2.85 bits per heavy atom. The molecule has 3 N–H and O–H groups in total. The first kappa shape index (κ1) is 14.6. The van der Waals surface area contributed by atoms with E-state index in [0.717, 1.165) is 29.9 Å². The van der Waals surface area contributed by atoms with Gasteiger partial charge in [0.15, 0.2) is 0 Å². The smallest absolute Gasteiger partial charge is 0.106 e. The molecule has 0 aliphatic carbocycles. The monoisotopic (exact) mass is 288 g/mol. The number of thiocarbonyl (C=S) groups is 1. The summed E-state index contributed by atoms with van der Waals surface area (Å²) in [6.45, 7) is 4.21. The van der Waals surface area contributed by atoms with Crippen molar-refractivity contribution in [2.24, 2.45) is 5.73 Å². The number of anilines is 1. The van der Waals surface area contributed by atoms with E-state index in [1.54, 1.807) is 6.26 Å². The second kappa shape index (κ2) is 6.57. The van der Waals surface area contributed by atoms with E-state index in [-0.39, 0.29) is 0 Å². The number of benzene rings is 1. The van der Waals surface area contributed by atoms with Gasteiger partial charge in [-0.2, -0.15) is 0 Å². The van der Waals surface area contributed by atoms with Crippen molar-refractivity contribution in [1.82, 2.24) is 0 Å². The molecule has 0 bridgehead atoms. The largest absolute Gasteiger partial charge is 0.469 e. The highest BCUT2D eigenvalue weighted by Crippen LogP contribution is 2.19. The average Bonchev–Trinajstić information content (AvgIpc) is 2.89. The number of nitrogens with two attached hydrogens (primary N) is 1. The van der Waals surface area contributed by atoms with Crippen molar-refractivity contribution < 1.29 is 4.42 Å². The molecule has 1 heterocycles. The number of hydrogen-bond acceptors (Lipinski definition) is 3. The Labute approximate surface area is 125 Å². The molecule has 2 rings (SSSR count). The Bertz CT molecular complexity index is 578. The molecule has 1 aromatic carbocycles. The Kier molecular flexibility index (Phi) is 4.79.